The third-order valence-electron chi connectivity index (χ3n) is 5.03. The van der Waals surface area contributed by atoms with Gasteiger partial charge in [-0.15, -0.1) is 0 Å². The number of nitrogens with one attached hydrogen (secondary N) is 3. The van der Waals surface area contributed by atoms with E-state index in [1.165, 1.54) is 0 Å². The van der Waals surface area contributed by atoms with Crippen LogP contribution >= 0.6 is 0 Å². The van der Waals surface area contributed by atoms with Gasteiger partial charge in [-0.05, 0) is 25.3 Å². The molecule has 198 valence electrons. The summed E-state index contributed by atoms with van der Waals surface area (Å²) in [6.07, 6.45) is -2.61. The van der Waals surface area contributed by atoms with E-state index in [1.54, 1.807) is 30.3 Å². The van der Waals surface area contributed by atoms with E-state index in [4.69, 9.17) is 22.3 Å². The molecule has 0 bridgehead atoms. The first kappa shape index (κ1) is 30.0. The van der Waals surface area contributed by atoms with Crippen molar-refractivity contribution in [3.8, 4) is 0 Å². The molecule has 0 saturated carbocycles. The molecule has 1 aromatic carbocycles. The zero-order valence-corrected chi connectivity index (χ0v) is 19.7. The van der Waals surface area contributed by atoms with Gasteiger partial charge in [-0.1, -0.05) is 30.3 Å². The van der Waals surface area contributed by atoms with Gasteiger partial charge in [0.05, 0.1) is 18.6 Å². The van der Waals surface area contributed by atoms with Crippen LogP contribution in [0, 0.1) is 0 Å². The van der Waals surface area contributed by atoms with Crippen LogP contribution in [-0.4, -0.2) is 76.0 Å². The SMILES string of the molecule is CC(O)C(NC(=O)C(CCC(N)=O)NC(=O)C(N)Cc1ccccc1)C(=O)NC(CC(N)=O)C(=O)O. The molecule has 0 heterocycles. The molecule has 0 aliphatic carbocycles. The van der Waals surface area contributed by atoms with Crippen molar-refractivity contribution in [3.05, 3.63) is 35.9 Å². The van der Waals surface area contributed by atoms with Crippen LogP contribution in [0.5, 0.6) is 0 Å². The maximum atomic E-state index is 12.9. The number of aliphatic hydroxyl groups excluding tert-OH is 1. The van der Waals surface area contributed by atoms with Gasteiger partial charge in [0.1, 0.15) is 18.1 Å². The standard InChI is InChI=1S/C22H32N6O8/c1-11(29)18(21(34)27-15(22(35)36)10-17(25)31)28-20(33)14(7-8-16(24)30)26-19(32)13(23)9-12-5-3-2-4-6-12/h2-6,11,13-15,18,29H,7-10,23H2,1H3,(H2,24,30)(H2,25,31)(H,26,32)(H,27,34)(H,28,33)(H,35,36). The van der Waals surface area contributed by atoms with Crippen molar-refractivity contribution < 1.29 is 39.0 Å². The fourth-order valence-electron chi connectivity index (χ4n) is 3.12. The number of carbonyl (C=O) groups excluding carboxylic acids is 5. The molecule has 1 rings (SSSR count). The lowest BCUT2D eigenvalue weighted by Gasteiger charge is -2.26. The van der Waals surface area contributed by atoms with Crippen LogP contribution in [0.4, 0.5) is 0 Å². The molecule has 11 N–H and O–H groups in total. The molecular formula is C22H32N6O8. The topological polar surface area (TPSA) is 257 Å². The van der Waals surface area contributed by atoms with Gasteiger partial charge in [0.25, 0.3) is 0 Å². The second-order valence-electron chi connectivity index (χ2n) is 8.16. The fraction of sp³-hybridized carbons (Fsp3) is 0.455. The molecule has 5 atom stereocenters. The number of nitrogens with two attached hydrogens (primary N) is 3. The first-order valence-electron chi connectivity index (χ1n) is 11.0. The number of amides is 5. The third kappa shape index (κ3) is 10.5. The van der Waals surface area contributed by atoms with E-state index in [-0.39, 0.29) is 19.3 Å². The van der Waals surface area contributed by atoms with Crippen molar-refractivity contribution in [1.29, 1.82) is 0 Å². The average Bonchev–Trinajstić information content (AvgIpc) is 2.79. The van der Waals surface area contributed by atoms with E-state index in [2.05, 4.69) is 10.6 Å². The van der Waals surface area contributed by atoms with Gasteiger partial charge in [-0.25, -0.2) is 4.79 Å². The molecule has 0 radical (unpaired) electrons. The monoisotopic (exact) mass is 508 g/mol. The van der Waals surface area contributed by atoms with E-state index in [9.17, 15) is 33.9 Å². The first-order chi connectivity index (χ1) is 16.8. The van der Waals surface area contributed by atoms with Crippen LogP contribution in [0.15, 0.2) is 30.3 Å². The number of carboxylic acids is 1. The Bertz CT molecular complexity index is 955. The molecule has 14 nitrogen and oxygen atoms in total. The molecule has 5 unspecified atom stereocenters. The van der Waals surface area contributed by atoms with Crippen molar-refractivity contribution in [2.45, 2.75) is 62.9 Å². The van der Waals surface area contributed by atoms with Crippen molar-refractivity contribution in [1.82, 2.24) is 16.0 Å². The highest BCUT2D eigenvalue weighted by Crippen LogP contribution is 2.05. The van der Waals surface area contributed by atoms with Gasteiger partial charge in [-0.2, -0.15) is 0 Å². The molecule has 0 aliphatic rings. The largest absolute Gasteiger partial charge is 0.480 e. The van der Waals surface area contributed by atoms with Crippen molar-refractivity contribution in [2.75, 3.05) is 0 Å². The van der Waals surface area contributed by atoms with E-state index >= 15 is 0 Å². The van der Waals surface area contributed by atoms with Gasteiger partial charge in [0.2, 0.25) is 29.5 Å². The Labute approximate surface area is 206 Å². The zero-order chi connectivity index (χ0) is 27.4. The number of primary amides is 2. The Hall–Kier alpha value is -4.04. The highest BCUT2D eigenvalue weighted by molar-refractivity contribution is 5.95. The van der Waals surface area contributed by atoms with Gasteiger partial charge in [0, 0.05) is 6.42 Å². The molecule has 0 aliphatic heterocycles. The maximum absolute atomic E-state index is 12.9. The van der Waals surface area contributed by atoms with Crippen LogP contribution in [0.25, 0.3) is 0 Å². The van der Waals surface area contributed by atoms with Gasteiger partial charge in [-0.3, -0.25) is 24.0 Å². The molecule has 5 amide bonds. The summed E-state index contributed by atoms with van der Waals surface area (Å²) in [7, 11) is 0. The molecule has 0 aromatic heterocycles. The number of rotatable bonds is 15. The number of hydrogen-bond donors (Lipinski definition) is 8. The molecule has 1 aromatic rings. The minimum absolute atomic E-state index is 0.159. The van der Waals surface area contributed by atoms with E-state index in [0.29, 0.717) is 0 Å². The Morgan fingerprint density at radius 3 is 1.94 bits per heavy atom. The van der Waals surface area contributed by atoms with Gasteiger partial charge in [0.15, 0.2) is 0 Å². The van der Waals surface area contributed by atoms with Gasteiger partial charge >= 0.3 is 5.97 Å². The van der Waals surface area contributed by atoms with Gasteiger partial charge < -0.3 is 43.4 Å². The van der Waals surface area contributed by atoms with E-state index in [1.807, 2.05) is 5.32 Å². The number of aliphatic carboxylic acids is 1. The Balaban J connectivity index is 2.96. The van der Waals surface area contributed by atoms with E-state index < -0.39 is 72.2 Å². The summed E-state index contributed by atoms with van der Waals surface area (Å²) in [4.78, 5) is 71.7. The summed E-state index contributed by atoms with van der Waals surface area (Å²) in [6.45, 7) is 1.15. The number of carbonyl (C=O) groups is 6. The van der Waals surface area contributed by atoms with Crippen molar-refractivity contribution >= 4 is 35.5 Å². The smallest absolute Gasteiger partial charge is 0.326 e. The molecular weight excluding hydrogens is 476 g/mol. The number of aliphatic hydroxyl groups is 1. The summed E-state index contributed by atoms with van der Waals surface area (Å²) >= 11 is 0. The molecule has 0 fully saturated rings. The lowest BCUT2D eigenvalue weighted by molar-refractivity contribution is -0.144. The highest BCUT2D eigenvalue weighted by Gasteiger charge is 2.33. The Morgan fingerprint density at radius 1 is 0.861 bits per heavy atom. The minimum atomic E-state index is -1.70. The van der Waals surface area contributed by atoms with Crippen LogP contribution in [0.2, 0.25) is 0 Å². The number of benzene rings is 1. The average molecular weight is 509 g/mol. The zero-order valence-electron chi connectivity index (χ0n) is 19.7. The molecule has 0 saturated heterocycles. The number of carboxylic acid groups (broad SMARTS) is 1. The third-order valence-corrected chi connectivity index (χ3v) is 5.03. The Morgan fingerprint density at radius 2 is 1.44 bits per heavy atom. The van der Waals surface area contributed by atoms with Crippen LogP contribution < -0.4 is 33.2 Å². The highest BCUT2D eigenvalue weighted by atomic mass is 16.4. The summed E-state index contributed by atoms with van der Waals surface area (Å²) < 4.78 is 0. The summed E-state index contributed by atoms with van der Waals surface area (Å²) in [5.41, 5.74) is 16.8. The molecule has 14 heteroatoms. The summed E-state index contributed by atoms with van der Waals surface area (Å²) in [6, 6.07) is 3.08. The normalized spacial score (nSPS) is 14.9. The quantitative estimate of drug-likeness (QED) is 0.117. The summed E-state index contributed by atoms with van der Waals surface area (Å²) in [5, 5.41) is 25.8. The lowest BCUT2D eigenvalue weighted by atomic mass is 10.0. The lowest BCUT2D eigenvalue weighted by Crippen LogP contribution is -2.60. The van der Waals surface area contributed by atoms with Crippen LogP contribution in [-0.2, 0) is 35.2 Å². The van der Waals surface area contributed by atoms with E-state index in [0.717, 1.165) is 12.5 Å². The van der Waals surface area contributed by atoms with Crippen molar-refractivity contribution in [2.24, 2.45) is 17.2 Å². The predicted octanol–water partition coefficient (Wildman–Crippen LogP) is -3.38. The fourth-order valence-corrected chi connectivity index (χ4v) is 3.12. The van der Waals surface area contributed by atoms with Crippen LogP contribution in [0.3, 0.4) is 0 Å². The molecule has 36 heavy (non-hydrogen) atoms. The maximum Gasteiger partial charge on any atom is 0.326 e. The molecule has 0 spiro atoms. The predicted molar refractivity (Wildman–Crippen MR) is 125 cm³/mol. The van der Waals surface area contributed by atoms with Crippen LogP contribution in [0.1, 0.15) is 31.7 Å². The summed E-state index contributed by atoms with van der Waals surface area (Å²) in [5.74, 6) is -6.10. The Kier molecular flexibility index (Phi) is 12.0. The second kappa shape index (κ2) is 14.4. The minimum Gasteiger partial charge on any atom is -0.480 e. The first-order valence-corrected chi connectivity index (χ1v) is 11.0. The van der Waals surface area contributed by atoms with Crippen molar-refractivity contribution in [3.63, 3.8) is 0 Å². The second-order valence-corrected chi connectivity index (χ2v) is 8.16. The number of hydrogen-bond acceptors (Lipinski definition) is 8.